The number of hydrogen-bond acceptors (Lipinski definition) is 3. The summed E-state index contributed by atoms with van der Waals surface area (Å²) in [5.74, 6) is -0.345. The molecule has 3 aromatic rings. The molecule has 0 heterocycles. The molecule has 0 aliphatic carbocycles. The van der Waals surface area contributed by atoms with Crippen molar-refractivity contribution in [2.75, 3.05) is 4.72 Å². The van der Waals surface area contributed by atoms with Crippen molar-refractivity contribution in [1.82, 2.24) is 5.32 Å². The van der Waals surface area contributed by atoms with Crippen LogP contribution in [0.2, 0.25) is 0 Å². The SMILES string of the molecule is Cc1ccc(S(=O)(=O)Nc2ccccc2C(=O)NC(C)c2ccc(C)c(C)c2)cc1. The van der Waals surface area contributed by atoms with Crippen LogP contribution in [-0.2, 0) is 10.0 Å². The lowest BCUT2D eigenvalue weighted by Crippen LogP contribution is -2.28. The number of para-hydroxylation sites is 1. The van der Waals surface area contributed by atoms with Crippen molar-refractivity contribution in [3.8, 4) is 0 Å². The Balaban J connectivity index is 1.82. The summed E-state index contributed by atoms with van der Waals surface area (Å²) in [5, 5.41) is 2.96. The number of sulfonamides is 1. The minimum Gasteiger partial charge on any atom is -0.345 e. The molecule has 0 aromatic heterocycles. The third-order valence-electron chi connectivity index (χ3n) is 5.13. The van der Waals surface area contributed by atoms with Gasteiger partial charge in [0.2, 0.25) is 0 Å². The summed E-state index contributed by atoms with van der Waals surface area (Å²) < 4.78 is 28.1. The summed E-state index contributed by atoms with van der Waals surface area (Å²) in [6.45, 7) is 7.86. The van der Waals surface area contributed by atoms with Crippen molar-refractivity contribution in [2.24, 2.45) is 0 Å². The minimum atomic E-state index is -3.81. The van der Waals surface area contributed by atoms with E-state index in [4.69, 9.17) is 0 Å². The normalized spacial score (nSPS) is 12.3. The Kier molecular flexibility index (Phi) is 6.27. The monoisotopic (exact) mass is 422 g/mol. The van der Waals surface area contributed by atoms with Gasteiger partial charge in [-0.15, -0.1) is 0 Å². The molecule has 30 heavy (non-hydrogen) atoms. The van der Waals surface area contributed by atoms with Gasteiger partial charge in [-0.3, -0.25) is 9.52 Å². The molecule has 3 rings (SSSR count). The standard InChI is InChI=1S/C24H26N2O3S/c1-16-9-13-21(14-10-16)30(28,29)26-23-8-6-5-7-22(23)24(27)25-19(4)20-12-11-17(2)18(3)15-20/h5-15,19,26H,1-4H3,(H,25,27). The molecule has 1 amide bonds. The molecular weight excluding hydrogens is 396 g/mol. The van der Waals surface area contributed by atoms with E-state index in [1.807, 2.05) is 45.9 Å². The third-order valence-corrected chi connectivity index (χ3v) is 6.51. The predicted octanol–water partition coefficient (Wildman–Crippen LogP) is 4.90. The summed E-state index contributed by atoms with van der Waals surface area (Å²) in [6.07, 6.45) is 0. The first-order valence-corrected chi connectivity index (χ1v) is 11.2. The molecular formula is C24H26N2O3S. The first-order chi connectivity index (χ1) is 14.2. The molecule has 0 radical (unpaired) electrons. The lowest BCUT2D eigenvalue weighted by Gasteiger charge is -2.18. The third kappa shape index (κ3) is 4.89. The zero-order chi connectivity index (χ0) is 21.9. The van der Waals surface area contributed by atoms with Crippen LogP contribution >= 0.6 is 0 Å². The number of amides is 1. The van der Waals surface area contributed by atoms with E-state index >= 15 is 0 Å². The highest BCUT2D eigenvalue weighted by Crippen LogP contribution is 2.22. The summed E-state index contributed by atoms with van der Waals surface area (Å²) in [7, 11) is -3.81. The highest BCUT2D eigenvalue weighted by Gasteiger charge is 2.20. The van der Waals surface area contributed by atoms with Crippen LogP contribution in [0.1, 0.15) is 45.6 Å². The van der Waals surface area contributed by atoms with Crippen LogP contribution in [0.15, 0.2) is 71.6 Å². The Hall–Kier alpha value is -3.12. The van der Waals surface area contributed by atoms with E-state index in [1.54, 1.807) is 48.5 Å². The van der Waals surface area contributed by atoms with Crippen LogP contribution in [0.25, 0.3) is 0 Å². The Morgan fingerprint density at radius 1 is 0.867 bits per heavy atom. The van der Waals surface area contributed by atoms with Gasteiger partial charge in [0, 0.05) is 0 Å². The summed E-state index contributed by atoms with van der Waals surface area (Å²) in [4.78, 5) is 13.1. The molecule has 156 valence electrons. The quantitative estimate of drug-likeness (QED) is 0.593. The average molecular weight is 423 g/mol. The van der Waals surface area contributed by atoms with Crippen molar-refractivity contribution >= 4 is 21.6 Å². The molecule has 0 saturated carbocycles. The number of benzene rings is 3. The highest BCUT2D eigenvalue weighted by atomic mass is 32.2. The van der Waals surface area contributed by atoms with Gasteiger partial charge in [-0.2, -0.15) is 0 Å². The zero-order valence-electron chi connectivity index (χ0n) is 17.6. The number of nitrogens with one attached hydrogen (secondary N) is 2. The molecule has 0 fully saturated rings. The summed E-state index contributed by atoms with van der Waals surface area (Å²) in [6, 6.07) is 19.0. The van der Waals surface area contributed by atoms with Gasteiger partial charge >= 0.3 is 0 Å². The predicted molar refractivity (Wildman–Crippen MR) is 120 cm³/mol. The van der Waals surface area contributed by atoms with E-state index in [-0.39, 0.29) is 28.1 Å². The van der Waals surface area contributed by atoms with E-state index in [1.165, 1.54) is 5.56 Å². The largest absolute Gasteiger partial charge is 0.345 e. The number of rotatable bonds is 6. The fourth-order valence-electron chi connectivity index (χ4n) is 3.08. The van der Waals surface area contributed by atoms with Crippen LogP contribution in [0.5, 0.6) is 0 Å². The first-order valence-electron chi connectivity index (χ1n) is 9.74. The molecule has 2 N–H and O–H groups in total. The zero-order valence-corrected chi connectivity index (χ0v) is 18.4. The van der Waals surface area contributed by atoms with Crippen molar-refractivity contribution in [3.63, 3.8) is 0 Å². The topological polar surface area (TPSA) is 75.3 Å². The number of hydrogen-bond donors (Lipinski definition) is 2. The lowest BCUT2D eigenvalue weighted by molar-refractivity contribution is 0.0941. The van der Waals surface area contributed by atoms with E-state index in [9.17, 15) is 13.2 Å². The molecule has 6 heteroatoms. The molecule has 3 aromatic carbocycles. The number of carbonyl (C=O) groups excluding carboxylic acids is 1. The molecule has 1 unspecified atom stereocenters. The average Bonchev–Trinajstić information content (AvgIpc) is 2.70. The van der Waals surface area contributed by atoms with E-state index in [0.717, 1.165) is 16.7 Å². The van der Waals surface area contributed by atoms with Gasteiger partial charge in [0.1, 0.15) is 0 Å². The maximum Gasteiger partial charge on any atom is 0.261 e. The fraction of sp³-hybridized carbons (Fsp3) is 0.208. The Labute approximate surface area is 178 Å². The maximum absolute atomic E-state index is 12.9. The molecule has 0 aliphatic rings. The van der Waals surface area contributed by atoms with Gasteiger partial charge < -0.3 is 5.32 Å². The van der Waals surface area contributed by atoms with Crippen LogP contribution in [-0.4, -0.2) is 14.3 Å². The summed E-state index contributed by atoms with van der Waals surface area (Å²) in [5.41, 5.74) is 4.80. The Morgan fingerprint density at radius 3 is 2.20 bits per heavy atom. The number of anilines is 1. The molecule has 0 spiro atoms. The van der Waals surface area contributed by atoms with Gasteiger partial charge in [-0.05, 0) is 68.7 Å². The van der Waals surface area contributed by atoms with Gasteiger partial charge in [-0.1, -0.05) is 48.0 Å². The lowest BCUT2D eigenvalue weighted by atomic mass is 10.0. The number of carbonyl (C=O) groups is 1. The highest BCUT2D eigenvalue weighted by molar-refractivity contribution is 7.92. The molecule has 0 bridgehead atoms. The van der Waals surface area contributed by atoms with Crippen molar-refractivity contribution in [1.29, 1.82) is 0 Å². The Morgan fingerprint density at radius 2 is 1.53 bits per heavy atom. The molecule has 0 aliphatic heterocycles. The van der Waals surface area contributed by atoms with Crippen molar-refractivity contribution in [3.05, 3.63) is 94.5 Å². The molecule has 0 saturated heterocycles. The first kappa shape index (κ1) is 21.6. The van der Waals surface area contributed by atoms with Crippen LogP contribution in [0, 0.1) is 20.8 Å². The van der Waals surface area contributed by atoms with Crippen molar-refractivity contribution < 1.29 is 13.2 Å². The van der Waals surface area contributed by atoms with Gasteiger partial charge in [0.05, 0.1) is 22.2 Å². The van der Waals surface area contributed by atoms with Gasteiger partial charge in [0.25, 0.3) is 15.9 Å². The smallest absolute Gasteiger partial charge is 0.261 e. The minimum absolute atomic E-state index is 0.145. The maximum atomic E-state index is 12.9. The number of aryl methyl sites for hydroxylation is 3. The van der Waals surface area contributed by atoms with E-state index < -0.39 is 10.0 Å². The van der Waals surface area contributed by atoms with Crippen LogP contribution < -0.4 is 10.0 Å². The second-order valence-electron chi connectivity index (χ2n) is 7.50. The van der Waals surface area contributed by atoms with Crippen LogP contribution in [0.3, 0.4) is 0 Å². The van der Waals surface area contributed by atoms with Gasteiger partial charge in [-0.25, -0.2) is 8.42 Å². The van der Waals surface area contributed by atoms with E-state index in [0.29, 0.717) is 0 Å². The Bertz CT molecular complexity index is 1170. The van der Waals surface area contributed by atoms with Crippen LogP contribution in [0.4, 0.5) is 5.69 Å². The summed E-state index contributed by atoms with van der Waals surface area (Å²) >= 11 is 0. The van der Waals surface area contributed by atoms with E-state index in [2.05, 4.69) is 10.0 Å². The second kappa shape index (κ2) is 8.71. The fourth-order valence-corrected chi connectivity index (χ4v) is 4.16. The molecule has 5 nitrogen and oxygen atoms in total. The second-order valence-corrected chi connectivity index (χ2v) is 9.19. The van der Waals surface area contributed by atoms with Gasteiger partial charge in [0.15, 0.2) is 0 Å². The van der Waals surface area contributed by atoms with Crippen molar-refractivity contribution in [2.45, 2.75) is 38.6 Å². The molecule has 1 atom stereocenters.